The van der Waals surface area contributed by atoms with Crippen LogP contribution in [-0.2, 0) is 26.2 Å². The highest BCUT2D eigenvalue weighted by atomic mass is 32.2. The Morgan fingerprint density at radius 3 is 1.97 bits per heavy atom. The lowest BCUT2D eigenvalue weighted by Gasteiger charge is -2.33. The van der Waals surface area contributed by atoms with E-state index in [1.807, 2.05) is 64.1 Å². The van der Waals surface area contributed by atoms with E-state index in [0.717, 1.165) is 33.7 Å². The van der Waals surface area contributed by atoms with Crippen molar-refractivity contribution in [1.82, 2.24) is 10.2 Å². The molecule has 0 bridgehead atoms. The molecule has 7 nitrogen and oxygen atoms in total. The Labute approximate surface area is 216 Å². The van der Waals surface area contributed by atoms with Crippen LogP contribution in [0.2, 0.25) is 0 Å². The summed E-state index contributed by atoms with van der Waals surface area (Å²) in [5.74, 6) is -0.369. The van der Waals surface area contributed by atoms with Crippen LogP contribution < -0.4 is 9.62 Å². The van der Waals surface area contributed by atoms with Crippen molar-refractivity contribution < 1.29 is 18.0 Å². The van der Waals surface area contributed by atoms with Gasteiger partial charge in [0.1, 0.15) is 12.6 Å². The maximum absolute atomic E-state index is 13.7. The molecule has 0 aliphatic rings. The minimum Gasteiger partial charge on any atom is -0.352 e. The molecule has 2 aromatic rings. The lowest BCUT2D eigenvalue weighted by Crippen LogP contribution is -2.53. The molecule has 0 aliphatic carbocycles. The minimum absolute atomic E-state index is 0.0325. The van der Waals surface area contributed by atoms with E-state index in [1.54, 1.807) is 12.1 Å². The number of aryl methyl sites for hydroxylation is 1. The average Bonchev–Trinajstić information content (AvgIpc) is 2.82. The highest BCUT2D eigenvalue weighted by Crippen LogP contribution is 2.23. The lowest BCUT2D eigenvalue weighted by molar-refractivity contribution is -0.140. The van der Waals surface area contributed by atoms with Gasteiger partial charge in [0.05, 0.1) is 11.9 Å². The number of nitrogens with zero attached hydrogens (tertiary/aromatic N) is 2. The molecular formula is C28H41N3O4S. The van der Waals surface area contributed by atoms with Crippen molar-refractivity contribution in [3.63, 3.8) is 0 Å². The predicted octanol–water partition coefficient (Wildman–Crippen LogP) is 4.61. The van der Waals surface area contributed by atoms with E-state index in [-0.39, 0.29) is 18.5 Å². The highest BCUT2D eigenvalue weighted by Gasteiger charge is 2.32. The summed E-state index contributed by atoms with van der Waals surface area (Å²) in [5, 5.41) is 2.98. The zero-order chi connectivity index (χ0) is 27.0. The maximum Gasteiger partial charge on any atom is 0.244 e. The molecule has 0 unspecified atom stereocenters. The van der Waals surface area contributed by atoms with Gasteiger partial charge in [-0.1, -0.05) is 69.7 Å². The second-order valence-electron chi connectivity index (χ2n) is 9.77. The van der Waals surface area contributed by atoms with E-state index in [1.165, 1.54) is 4.90 Å². The van der Waals surface area contributed by atoms with E-state index in [9.17, 15) is 18.0 Å². The molecule has 0 saturated carbocycles. The lowest BCUT2D eigenvalue weighted by atomic mass is 10.0. The molecule has 0 fully saturated rings. The Kier molecular flexibility index (Phi) is 10.5. The van der Waals surface area contributed by atoms with Gasteiger partial charge in [-0.2, -0.15) is 0 Å². The summed E-state index contributed by atoms with van der Waals surface area (Å²) in [5.41, 5.74) is 3.46. The molecule has 0 heterocycles. The number of carbonyl (C=O) groups is 2. The molecule has 2 amide bonds. The molecule has 36 heavy (non-hydrogen) atoms. The first-order valence-electron chi connectivity index (χ1n) is 12.6. The number of benzene rings is 2. The Morgan fingerprint density at radius 2 is 1.50 bits per heavy atom. The van der Waals surface area contributed by atoms with Gasteiger partial charge in [-0.15, -0.1) is 0 Å². The predicted molar refractivity (Wildman–Crippen MR) is 146 cm³/mol. The molecule has 0 aromatic heterocycles. The highest BCUT2D eigenvalue weighted by molar-refractivity contribution is 7.92. The SMILES string of the molecule is CC[C@H](C(=O)N[C@@H](C)CC)N(Cc1ccc(C)cc1)C(=O)CN(c1ccc(C(C)C)cc1)S(C)(=O)=O. The topological polar surface area (TPSA) is 86.8 Å². The number of carbonyl (C=O) groups excluding carboxylic acids is 2. The van der Waals surface area contributed by atoms with Crippen LogP contribution in [0, 0.1) is 6.92 Å². The maximum atomic E-state index is 13.7. The van der Waals surface area contributed by atoms with Gasteiger partial charge in [0.25, 0.3) is 0 Å². The fraction of sp³-hybridized carbons (Fsp3) is 0.500. The molecular weight excluding hydrogens is 474 g/mol. The van der Waals surface area contributed by atoms with Crippen molar-refractivity contribution in [1.29, 1.82) is 0 Å². The number of rotatable bonds is 12. The summed E-state index contributed by atoms with van der Waals surface area (Å²) < 4.78 is 26.6. The first-order valence-corrected chi connectivity index (χ1v) is 14.4. The smallest absolute Gasteiger partial charge is 0.244 e. The number of nitrogens with one attached hydrogen (secondary N) is 1. The van der Waals surface area contributed by atoms with Gasteiger partial charge >= 0.3 is 0 Å². The van der Waals surface area contributed by atoms with Crippen molar-refractivity contribution in [3.05, 3.63) is 65.2 Å². The summed E-state index contributed by atoms with van der Waals surface area (Å²) in [7, 11) is -3.75. The molecule has 1 N–H and O–H groups in total. The van der Waals surface area contributed by atoms with Gasteiger partial charge in [0.2, 0.25) is 21.8 Å². The second kappa shape index (κ2) is 12.9. The summed E-state index contributed by atoms with van der Waals surface area (Å²) in [4.78, 5) is 28.4. The van der Waals surface area contributed by atoms with E-state index in [0.29, 0.717) is 18.0 Å². The van der Waals surface area contributed by atoms with Crippen LogP contribution >= 0.6 is 0 Å². The van der Waals surface area contributed by atoms with E-state index in [2.05, 4.69) is 19.2 Å². The third-order valence-corrected chi connectivity index (χ3v) is 7.53. The van der Waals surface area contributed by atoms with Crippen LogP contribution in [0.5, 0.6) is 0 Å². The first kappa shape index (κ1) is 29.4. The first-order chi connectivity index (χ1) is 16.9. The third-order valence-electron chi connectivity index (χ3n) is 6.39. The van der Waals surface area contributed by atoms with Crippen LogP contribution in [0.1, 0.15) is 70.1 Å². The molecule has 8 heteroatoms. The number of anilines is 1. The second-order valence-corrected chi connectivity index (χ2v) is 11.7. The van der Waals surface area contributed by atoms with Gasteiger partial charge in [-0.05, 0) is 55.9 Å². The monoisotopic (exact) mass is 515 g/mol. The van der Waals surface area contributed by atoms with Crippen molar-refractivity contribution in [2.75, 3.05) is 17.1 Å². The zero-order valence-electron chi connectivity index (χ0n) is 22.6. The zero-order valence-corrected chi connectivity index (χ0v) is 23.4. The van der Waals surface area contributed by atoms with Crippen molar-refractivity contribution >= 4 is 27.5 Å². The molecule has 198 valence electrons. The van der Waals surface area contributed by atoms with Gasteiger partial charge in [0, 0.05) is 12.6 Å². The molecule has 0 spiro atoms. The normalized spacial score (nSPS) is 13.2. The van der Waals surface area contributed by atoms with Gasteiger partial charge in [-0.25, -0.2) is 8.42 Å². The van der Waals surface area contributed by atoms with Crippen LogP contribution in [-0.4, -0.2) is 50.0 Å². The van der Waals surface area contributed by atoms with E-state index in [4.69, 9.17) is 0 Å². The van der Waals surface area contributed by atoms with Crippen molar-refractivity contribution in [2.45, 2.75) is 78.9 Å². The average molecular weight is 516 g/mol. The molecule has 2 aromatic carbocycles. The van der Waals surface area contributed by atoms with Crippen molar-refractivity contribution in [2.24, 2.45) is 0 Å². The Bertz CT molecular complexity index is 1110. The van der Waals surface area contributed by atoms with Gasteiger partial charge in [-0.3, -0.25) is 13.9 Å². The Balaban J connectivity index is 2.42. The van der Waals surface area contributed by atoms with E-state index >= 15 is 0 Å². The van der Waals surface area contributed by atoms with Crippen LogP contribution in [0.15, 0.2) is 48.5 Å². The van der Waals surface area contributed by atoms with Crippen LogP contribution in [0.3, 0.4) is 0 Å². The number of hydrogen-bond donors (Lipinski definition) is 1. The summed E-state index contributed by atoms with van der Waals surface area (Å²) >= 11 is 0. The minimum atomic E-state index is -3.75. The Morgan fingerprint density at radius 1 is 0.917 bits per heavy atom. The van der Waals surface area contributed by atoms with Gasteiger partial charge in [0.15, 0.2) is 0 Å². The molecule has 2 rings (SSSR count). The number of amides is 2. The van der Waals surface area contributed by atoms with Crippen molar-refractivity contribution in [3.8, 4) is 0 Å². The quantitative estimate of drug-likeness (QED) is 0.447. The van der Waals surface area contributed by atoms with Gasteiger partial charge < -0.3 is 10.2 Å². The molecule has 0 saturated heterocycles. The summed E-state index contributed by atoms with van der Waals surface area (Å²) in [6.45, 7) is 11.7. The number of hydrogen-bond acceptors (Lipinski definition) is 4. The summed E-state index contributed by atoms with van der Waals surface area (Å²) in [6, 6.07) is 14.2. The summed E-state index contributed by atoms with van der Waals surface area (Å²) in [6.07, 6.45) is 2.26. The van der Waals surface area contributed by atoms with E-state index < -0.39 is 28.5 Å². The fourth-order valence-electron chi connectivity index (χ4n) is 3.89. The fourth-order valence-corrected chi connectivity index (χ4v) is 4.74. The number of sulfonamides is 1. The Hall–Kier alpha value is -2.87. The van der Waals surface area contributed by atoms with Crippen LogP contribution in [0.4, 0.5) is 5.69 Å². The van der Waals surface area contributed by atoms with Crippen LogP contribution in [0.25, 0.3) is 0 Å². The molecule has 0 aliphatic heterocycles. The third kappa shape index (κ3) is 8.08. The molecule has 0 radical (unpaired) electrons. The largest absolute Gasteiger partial charge is 0.352 e. The standard InChI is InChI=1S/C28H41N3O4S/c1-8-22(6)29-28(33)26(9-2)30(18-23-12-10-21(5)11-13-23)27(32)19-31(36(7,34)35)25-16-14-24(15-17-25)20(3)4/h10-17,20,22,26H,8-9,18-19H2,1-7H3,(H,29,33)/t22-,26+/m0/s1. The molecule has 2 atom stereocenters.